The van der Waals surface area contributed by atoms with Gasteiger partial charge in [-0.05, 0) is 18.8 Å². The molecular formula is C13H27NO4S. The molecule has 0 saturated carbocycles. The van der Waals surface area contributed by atoms with Crippen molar-refractivity contribution in [1.29, 1.82) is 0 Å². The Morgan fingerprint density at radius 3 is 2.32 bits per heavy atom. The van der Waals surface area contributed by atoms with Gasteiger partial charge < -0.3 is 9.84 Å². The molecule has 5 nitrogen and oxygen atoms in total. The number of rotatable bonds is 6. The lowest BCUT2D eigenvalue weighted by atomic mass is 9.81. The predicted octanol–water partition coefficient (Wildman–Crippen LogP) is 1.13. The number of sulfonamides is 1. The van der Waals surface area contributed by atoms with Crippen molar-refractivity contribution in [3.63, 3.8) is 0 Å². The lowest BCUT2D eigenvalue weighted by Crippen LogP contribution is -2.46. The first-order valence-electron chi connectivity index (χ1n) is 6.91. The van der Waals surface area contributed by atoms with Crippen LogP contribution in [-0.2, 0) is 14.8 Å². The van der Waals surface area contributed by atoms with Crippen LogP contribution in [-0.4, -0.2) is 44.6 Å². The average molecular weight is 293 g/mol. The Morgan fingerprint density at radius 1 is 1.32 bits per heavy atom. The lowest BCUT2D eigenvalue weighted by Gasteiger charge is -2.34. The molecule has 0 unspecified atom stereocenters. The van der Waals surface area contributed by atoms with Crippen LogP contribution in [0.2, 0.25) is 0 Å². The summed E-state index contributed by atoms with van der Waals surface area (Å²) in [4.78, 5) is 0. The molecule has 1 fully saturated rings. The predicted molar refractivity (Wildman–Crippen MR) is 75.4 cm³/mol. The molecule has 114 valence electrons. The first-order chi connectivity index (χ1) is 8.67. The summed E-state index contributed by atoms with van der Waals surface area (Å²) < 4.78 is 32.2. The zero-order valence-corrected chi connectivity index (χ0v) is 13.2. The second-order valence-electron chi connectivity index (χ2n) is 6.36. The third kappa shape index (κ3) is 4.70. The van der Waals surface area contributed by atoms with Crippen molar-refractivity contribution in [3.8, 4) is 0 Å². The van der Waals surface area contributed by atoms with Gasteiger partial charge in [0.2, 0.25) is 10.0 Å². The van der Waals surface area contributed by atoms with Crippen LogP contribution in [0.3, 0.4) is 0 Å². The molecule has 1 aliphatic heterocycles. The first kappa shape index (κ1) is 16.9. The molecule has 0 aromatic heterocycles. The summed E-state index contributed by atoms with van der Waals surface area (Å²) in [5.41, 5.74) is -0.480. The minimum absolute atomic E-state index is 0.0996. The number of ether oxygens (including phenoxy) is 1. The van der Waals surface area contributed by atoms with E-state index in [1.54, 1.807) is 0 Å². The van der Waals surface area contributed by atoms with Crippen molar-refractivity contribution in [1.82, 2.24) is 4.72 Å². The van der Waals surface area contributed by atoms with Gasteiger partial charge in [-0.1, -0.05) is 27.7 Å². The highest BCUT2D eigenvalue weighted by Crippen LogP contribution is 2.26. The Morgan fingerprint density at radius 2 is 1.84 bits per heavy atom. The van der Waals surface area contributed by atoms with Crippen LogP contribution in [0.1, 0.15) is 40.5 Å². The van der Waals surface area contributed by atoms with Gasteiger partial charge in [0.05, 0.1) is 11.4 Å². The largest absolute Gasteiger partial charge is 0.392 e. The summed E-state index contributed by atoms with van der Waals surface area (Å²) in [6.45, 7) is 8.88. The average Bonchev–Trinajstić information content (AvgIpc) is 2.37. The second-order valence-corrected chi connectivity index (χ2v) is 8.40. The molecule has 0 aromatic carbocycles. The maximum absolute atomic E-state index is 12.2. The monoisotopic (exact) mass is 293 g/mol. The minimum Gasteiger partial charge on any atom is -0.392 e. The highest BCUT2D eigenvalue weighted by atomic mass is 32.2. The molecule has 0 amide bonds. The fourth-order valence-electron chi connectivity index (χ4n) is 2.40. The molecule has 0 bridgehead atoms. The topological polar surface area (TPSA) is 75.6 Å². The van der Waals surface area contributed by atoms with Gasteiger partial charge in [0, 0.05) is 25.2 Å². The minimum atomic E-state index is -3.32. The molecule has 0 spiro atoms. The van der Waals surface area contributed by atoms with E-state index < -0.39 is 21.5 Å². The van der Waals surface area contributed by atoms with Gasteiger partial charge in [-0.15, -0.1) is 0 Å². The van der Waals surface area contributed by atoms with Crippen molar-refractivity contribution in [2.75, 3.05) is 19.8 Å². The molecule has 1 rings (SSSR count). The quantitative estimate of drug-likeness (QED) is 0.770. The van der Waals surface area contributed by atoms with Crippen LogP contribution in [0.15, 0.2) is 0 Å². The number of nitrogens with one attached hydrogen (secondary N) is 1. The van der Waals surface area contributed by atoms with Crippen molar-refractivity contribution in [2.24, 2.45) is 11.3 Å². The molecule has 6 heteroatoms. The van der Waals surface area contributed by atoms with Gasteiger partial charge in [-0.3, -0.25) is 0 Å². The molecule has 1 aliphatic rings. The lowest BCUT2D eigenvalue weighted by molar-refractivity contribution is 0.0165. The summed E-state index contributed by atoms with van der Waals surface area (Å²) in [5.74, 6) is 0.0996. The molecule has 1 atom stereocenters. The van der Waals surface area contributed by atoms with Crippen molar-refractivity contribution >= 4 is 10.0 Å². The van der Waals surface area contributed by atoms with Crippen LogP contribution in [0.5, 0.6) is 0 Å². The molecule has 19 heavy (non-hydrogen) atoms. The van der Waals surface area contributed by atoms with Gasteiger partial charge in [0.1, 0.15) is 0 Å². The smallest absolute Gasteiger partial charge is 0.214 e. The van der Waals surface area contributed by atoms with Crippen LogP contribution < -0.4 is 4.72 Å². The van der Waals surface area contributed by atoms with Crippen LogP contribution in [0.4, 0.5) is 0 Å². The fraction of sp³-hybridized carbons (Fsp3) is 1.00. The van der Waals surface area contributed by atoms with E-state index in [9.17, 15) is 13.5 Å². The fourth-order valence-corrected chi connectivity index (χ4v) is 4.02. The summed E-state index contributed by atoms with van der Waals surface area (Å²) >= 11 is 0. The molecule has 2 N–H and O–H groups in total. The van der Waals surface area contributed by atoms with E-state index in [2.05, 4.69) is 4.72 Å². The molecular weight excluding hydrogens is 266 g/mol. The number of aliphatic hydroxyl groups excluding tert-OH is 1. The van der Waals surface area contributed by atoms with Crippen LogP contribution in [0.25, 0.3) is 0 Å². The Labute approximate surface area is 116 Å². The summed E-state index contributed by atoms with van der Waals surface area (Å²) in [6.07, 6.45) is 0.551. The normalized spacial score (nSPS) is 20.7. The van der Waals surface area contributed by atoms with Crippen molar-refractivity contribution < 1.29 is 18.3 Å². The van der Waals surface area contributed by atoms with E-state index in [0.29, 0.717) is 26.1 Å². The van der Waals surface area contributed by atoms with E-state index in [1.165, 1.54) is 0 Å². The van der Waals surface area contributed by atoms with Gasteiger partial charge in [-0.2, -0.15) is 0 Å². The third-order valence-corrected chi connectivity index (χ3v) is 5.66. The molecule has 0 aliphatic carbocycles. The van der Waals surface area contributed by atoms with Crippen molar-refractivity contribution in [3.05, 3.63) is 0 Å². The van der Waals surface area contributed by atoms with Gasteiger partial charge in [-0.25, -0.2) is 13.1 Å². The summed E-state index contributed by atoms with van der Waals surface area (Å²) in [5, 5.41) is 9.74. The highest BCUT2D eigenvalue weighted by Gasteiger charge is 2.34. The Bertz CT molecular complexity index is 372. The zero-order valence-electron chi connectivity index (χ0n) is 12.3. The van der Waals surface area contributed by atoms with Crippen LogP contribution >= 0.6 is 0 Å². The standard InChI is InChI=1S/C13H27NO4S/c1-10(2)12(15)13(3,4)9-14-19(16,17)11-5-7-18-8-6-11/h10-12,14-15H,5-9H2,1-4H3/t12-/m0/s1. The number of aliphatic hydroxyl groups is 1. The molecule has 0 aromatic rings. The molecule has 0 radical (unpaired) electrons. The maximum atomic E-state index is 12.2. The summed E-state index contributed by atoms with van der Waals surface area (Å²) in [7, 11) is -3.32. The zero-order chi connectivity index (χ0) is 14.7. The SMILES string of the molecule is CC(C)[C@H](O)C(C)(C)CNS(=O)(=O)C1CCOCC1. The van der Waals surface area contributed by atoms with Crippen molar-refractivity contribution in [2.45, 2.75) is 51.9 Å². The van der Waals surface area contributed by atoms with E-state index in [0.717, 1.165) is 0 Å². The summed E-state index contributed by atoms with van der Waals surface area (Å²) in [6, 6.07) is 0. The Balaban J connectivity index is 2.59. The Kier molecular flexibility index (Phi) is 5.79. The van der Waals surface area contributed by atoms with E-state index in [4.69, 9.17) is 4.74 Å². The third-order valence-electron chi connectivity index (χ3n) is 3.77. The maximum Gasteiger partial charge on any atom is 0.214 e. The molecule has 1 saturated heterocycles. The van der Waals surface area contributed by atoms with Crippen LogP contribution in [0, 0.1) is 11.3 Å². The Hall–Kier alpha value is -0.170. The highest BCUT2D eigenvalue weighted by molar-refractivity contribution is 7.90. The number of hydrogen-bond donors (Lipinski definition) is 2. The van der Waals surface area contributed by atoms with E-state index in [1.807, 2.05) is 27.7 Å². The van der Waals surface area contributed by atoms with Gasteiger partial charge >= 0.3 is 0 Å². The molecule has 1 heterocycles. The first-order valence-corrected chi connectivity index (χ1v) is 8.46. The van der Waals surface area contributed by atoms with E-state index >= 15 is 0 Å². The number of hydrogen-bond acceptors (Lipinski definition) is 4. The van der Waals surface area contributed by atoms with Gasteiger partial charge in [0.15, 0.2) is 0 Å². The van der Waals surface area contributed by atoms with Gasteiger partial charge in [0.25, 0.3) is 0 Å². The van der Waals surface area contributed by atoms with E-state index in [-0.39, 0.29) is 17.7 Å². The second kappa shape index (κ2) is 6.52.